The van der Waals surface area contributed by atoms with Gasteiger partial charge in [0.05, 0.1) is 0 Å². The fraction of sp³-hybridized carbons (Fsp3) is 0.158. The summed E-state index contributed by atoms with van der Waals surface area (Å²) in [5.74, 6) is -0.180. The molecular formula is C19H20N2O2S. The van der Waals surface area contributed by atoms with Crippen LogP contribution in [-0.4, -0.2) is 30.8 Å². The van der Waals surface area contributed by atoms with Gasteiger partial charge >= 0.3 is 0 Å². The Kier molecular flexibility index (Phi) is 6.63. The quantitative estimate of drug-likeness (QED) is 0.648. The first-order valence-electron chi connectivity index (χ1n) is 7.54. The van der Waals surface area contributed by atoms with Crippen LogP contribution in [0.1, 0.15) is 15.9 Å². The fourth-order valence-corrected chi connectivity index (χ4v) is 2.71. The van der Waals surface area contributed by atoms with E-state index in [1.165, 1.54) is 11.8 Å². The molecule has 0 fully saturated rings. The Labute approximate surface area is 146 Å². The third-order valence-electron chi connectivity index (χ3n) is 3.40. The topological polar surface area (TPSA) is 49.4 Å². The summed E-state index contributed by atoms with van der Waals surface area (Å²) >= 11 is 1.51. The minimum atomic E-state index is -0.119. The van der Waals surface area contributed by atoms with Crippen molar-refractivity contribution in [3.05, 3.63) is 77.2 Å². The number of carbonyl (C=O) groups is 2. The van der Waals surface area contributed by atoms with Gasteiger partial charge in [-0.2, -0.15) is 0 Å². The van der Waals surface area contributed by atoms with Crippen LogP contribution in [0.4, 0.5) is 0 Å². The monoisotopic (exact) mass is 340 g/mol. The Bertz CT molecular complexity index is 712. The predicted octanol–water partition coefficient (Wildman–Crippen LogP) is 3.31. The highest BCUT2D eigenvalue weighted by Crippen LogP contribution is 2.18. The summed E-state index contributed by atoms with van der Waals surface area (Å²) in [6.45, 7) is 0.493. The van der Waals surface area contributed by atoms with Crippen LogP contribution in [0.25, 0.3) is 0 Å². The minimum absolute atomic E-state index is 0.0613. The Morgan fingerprint density at radius 2 is 1.75 bits per heavy atom. The Hall–Kier alpha value is -2.53. The minimum Gasteiger partial charge on any atom is -0.355 e. The Morgan fingerprint density at radius 1 is 1.08 bits per heavy atom. The number of carbonyl (C=O) groups excluding carboxylic acids is 2. The van der Waals surface area contributed by atoms with Crippen molar-refractivity contribution in [3.8, 4) is 0 Å². The number of rotatable bonds is 6. The molecule has 0 saturated heterocycles. The molecule has 0 spiro atoms. The van der Waals surface area contributed by atoms with E-state index in [-0.39, 0.29) is 11.8 Å². The molecule has 0 radical (unpaired) electrons. The van der Waals surface area contributed by atoms with Gasteiger partial charge in [0.25, 0.3) is 5.91 Å². The smallest absolute Gasteiger partial charge is 0.251 e. The Balaban J connectivity index is 1.88. The zero-order valence-electron chi connectivity index (χ0n) is 13.7. The average Bonchev–Trinajstić information content (AvgIpc) is 2.62. The van der Waals surface area contributed by atoms with Gasteiger partial charge in [-0.1, -0.05) is 42.1 Å². The second-order valence-corrected chi connectivity index (χ2v) is 6.18. The van der Waals surface area contributed by atoms with E-state index in [1.807, 2.05) is 42.5 Å². The maximum absolute atomic E-state index is 12.1. The number of hydrogen-bond donors (Lipinski definition) is 1. The fourth-order valence-electron chi connectivity index (χ4n) is 2.05. The van der Waals surface area contributed by atoms with Gasteiger partial charge in [0, 0.05) is 37.2 Å². The van der Waals surface area contributed by atoms with Crippen LogP contribution in [0.5, 0.6) is 0 Å². The van der Waals surface area contributed by atoms with E-state index in [2.05, 4.69) is 5.32 Å². The van der Waals surface area contributed by atoms with Gasteiger partial charge in [-0.3, -0.25) is 9.59 Å². The van der Waals surface area contributed by atoms with Crippen molar-refractivity contribution in [2.24, 2.45) is 0 Å². The van der Waals surface area contributed by atoms with Gasteiger partial charge in [-0.15, -0.1) is 0 Å². The van der Waals surface area contributed by atoms with Gasteiger partial charge < -0.3 is 10.2 Å². The van der Waals surface area contributed by atoms with Gasteiger partial charge in [0.1, 0.15) is 0 Å². The zero-order valence-corrected chi connectivity index (χ0v) is 14.5. The van der Waals surface area contributed by atoms with Crippen molar-refractivity contribution < 1.29 is 9.59 Å². The van der Waals surface area contributed by atoms with Crippen LogP contribution in [0.15, 0.2) is 71.0 Å². The first-order chi connectivity index (χ1) is 11.6. The molecule has 2 amide bonds. The summed E-state index contributed by atoms with van der Waals surface area (Å²) in [4.78, 5) is 26.4. The van der Waals surface area contributed by atoms with Gasteiger partial charge in [0.15, 0.2) is 0 Å². The third-order valence-corrected chi connectivity index (χ3v) is 4.21. The molecule has 0 unspecified atom stereocenters. The lowest BCUT2D eigenvalue weighted by Crippen LogP contribution is -2.24. The van der Waals surface area contributed by atoms with Crippen LogP contribution < -0.4 is 5.32 Å². The standard InChI is InChI=1S/C19H20N2O2S/c1-20-19(23)16-10-8-15(9-11-16)14-21(2)18(22)12-13-24-17-6-4-3-5-7-17/h3-13H,14H2,1-2H3,(H,20,23)/b13-12+. The molecule has 0 bridgehead atoms. The summed E-state index contributed by atoms with van der Waals surface area (Å²) in [6, 6.07) is 17.1. The number of amides is 2. The van der Waals surface area contributed by atoms with Crippen molar-refractivity contribution in [1.82, 2.24) is 10.2 Å². The molecule has 2 aromatic rings. The molecule has 0 aliphatic carbocycles. The molecule has 1 N–H and O–H groups in total. The van der Waals surface area contributed by atoms with Gasteiger partial charge in [-0.25, -0.2) is 0 Å². The first-order valence-corrected chi connectivity index (χ1v) is 8.42. The van der Waals surface area contributed by atoms with Crippen LogP contribution in [-0.2, 0) is 11.3 Å². The summed E-state index contributed by atoms with van der Waals surface area (Å²) in [5.41, 5.74) is 1.58. The number of benzene rings is 2. The highest BCUT2D eigenvalue weighted by atomic mass is 32.2. The molecule has 0 aromatic heterocycles. The van der Waals surface area contributed by atoms with Crippen LogP contribution in [0.3, 0.4) is 0 Å². The summed E-state index contributed by atoms with van der Waals surface area (Å²) in [7, 11) is 3.36. The highest BCUT2D eigenvalue weighted by Gasteiger charge is 2.07. The number of nitrogens with zero attached hydrogens (tertiary/aromatic N) is 1. The normalized spacial score (nSPS) is 10.6. The lowest BCUT2D eigenvalue weighted by Gasteiger charge is -2.15. The van der Waals surface area contributed by atoms with Crippen molar-refractivity contribution >= 4 is 23.6 Å². The second-order valence-electron chi connectivity index (χ2n) is 5.20. The van der Waals surface area contributed by atoms with E-state index < -0.39 is 0 Å². The molecule has 24 heavy (non-hydrogen) atoms. The molecule has 5 heteroatoms. The molecule has 2 rings (SSSR count). The molecule has 0 heterocycles. The number of likely N-dealkylation sites (N-methyl/N-ethyl adjacent to an activating group) is 1. The van der Waals surface area contributed by atoms with Crippen LogP contribution in [0.2, 0.25) is 0 Å². The first kappa shape index (κ1) is 17.8. The number of hydrogen-bond acceptors (Lipinski definition) is 3. The summed E-state index contributed by atoms with van der Waals surface area (Å²) in [5, 5.41) is 4.38. The maximum Gasteiger partial charge on any atom is 0.251 e. The molecule has 2 aromatic carbocycles. The van der Waals surface area contributed by atoms with Gasteiger partial charge in [0.2, 0.25) is 5.91 Å². The van der Waals surface area contributed by atoms with Crippen molar-refractivity contribution in [3.63, 3.8) is 0 Å². The van der Waals surface area contributed by atoms with Gasteiger partial charge in [-0.05, 0) is 35.2 Å². The third kappa shape index (κ3) is 5.28. The van der Waals surface area contributed by atoms with Crippen LogP contribution in [0, 0.1) is 0 Å². The number of nitrogens with one attached hydrogen (secondary N) is 1. The SMILES string of the molecule is CNC(=O)c1ccc(CN(C)C(=O)/C=C/Sc2ccccc2)cc1. The largest absolute Gasteiger partial charge is 0.355 e. The van der Waals surface area contributed by atoms with E-state index in [9.17, 15) is 9.59 Å². The second kappa shape index (κ2) is 8.93. The molecule has 0 atom stereocenters. The molecule has 0 saturated carbocycles. The van der Waals surface area contributed by atoms with Crippen LogP contribution >= 0.6 is 11.8 Å². The predicted molar refractivity (Wildman–Crippen MR) is 97.7 cm³/mol. The lowest BCUT2D eigenvalue weighted by molar-refractivity contribution is -0.125. The molecule has 4 nitrogen and oxygen atoms in total. The summed E-state index contributed by atoms with van der Waals surface area (Å²) < 4.78 is 0. The zero-order chi connectivity index (χ0) is 17.4. The van der Waals surface area contributed by atoms with E-state index in [0.29, 0.717) is 12.1 Å². The van der Waals surface area contributed by atoms with Crippen molar-refractivity contribution in [2.75, 3.05) is 14.1 Å². The maximum atomic E-state index is 12.1. The summed E-state index contributed by atoms with van der Waals surface area (Å²) in [6.07, 6.45) is 1.57. The Morgan fingerprint density at radius 3 is 2.38 bits per heavy atom. The molecule has 0 aliphatic rings. The molecular weight excluding hydrogens is 320 g/mol. The highest BCUT2D eigenvalue weighted by molar-refractivity contribution is 8.02. The van der Waals surface area contributed by atoms with E-state index >= 15 is 0 Å². The van der Waals surface area contributed by atoms with Crippen molar-refractivity contribution in [1.29, 1.82) is 0 Å². The number of thioether (sulfide) groups is 1. The lowest BCUT2D eigenvalue weighted by atomic mass is 10.1. The van der Waals surface area contributed by atoms with E-state index in [4.69, 9.17) is 0 Å². The van der Waals surface area contributed by atoms with E-state index in [0.717, 1.165) is 10.5 Å². The molecule has 124 valence electrons. The average molecular weight is 340 g/mol. The van der Waals surface area contributed by atoms with Crippen molar-refractivity contribution in [2.45, 2.75) is 11.4 Å². The van der Waals surface area contributed by atoms with E-state index in [1.54, 1.807) is 42.6 Å². The molecule has 0 aliphatic heterocycles.